The maximum absolute atomic E-state index is 6.14. The third-order valence-corrected chi connectivity index (χ3v) is 4.84. The van der Waals surface area contributed by atoms with Crippen LogP contribution in [0.2, 0.25) is 8.67 Å². The molecule has 0 amide bonds. The Kier molecular flexibility index (Phi) is 3.15. The van der Waals surface area contributed by atoms with Crippen LogP contribution in [0.3, 0.4) is 0 Å². The molecule has 3 rings (SSSR count). The van der Waals surface area contributed by atoms with Gasteiger partial charge in [0.1, 0.15) is 10.2 Å². The Hall–Kier alpha value is -0.880. The van der Waals surface area contributed by atoms with Crippen molar-refractivity contribution in [1.29, 1.82) is 0 Å². The molecule has 0 saturated heterocycles. The maximum Gasteiger partial charge on any atom is 0.164 e. The summed E-state index contributed by atoms with van der Waals surface area (Å²) in [7, 11) is 1.84. The van der Waals surface area contributed by atoms with Crippen molar-refractivity contribution in [3.63, 3.8) is 0 Å². The molecule has 0 saturated carbocycles. The minimum atomic E-state index is 0.596. The fourth-order valence-corrected chi connectivity index (χ4v) is 3.93. The minimum Gasteiger partial charge on any atom is -0.372 e. The van der Waals surface area contributed by atoms with E-state index in [1.165, 1.54) is 11.3 Å². The van der Waals surface area contributed by atoms with E-state index in [0.29, 0.717) is 14.5 Å². The first kappa shape index (κ1) is 12.2. The molecule has 0 fully saturated rings. The van der Waals surface area contributed by atoms with Crippen LogP contribution in [0.1, 0.15) is 0 Å². The second-order valence-corrected chi connectivity index (χ2v) is 6.72. The topological polar surface area (TPSA) is 37.8 Å². The zero-order chi connectivity index (χ0) is 12.7. The molecule has 0 atom stereocenters. The Morgan fingerprint density at radius 2 is 2.11 bits per heavy atom. The van der Waals surface area contributed by atoms with E-state index in [1.54, 1.807) is 17.4 Å². The standard InChI is InChI=1S/C11H7Cl2N3S2/c1-14-11-8-6(2-3-17-8)15-10(16-11)5-4-7(12)18-9(5)13/h2-4H,1H3,(H,14,15,16). The third-order valence-electron chi connectivity index (χ3n) is 2.44. The molecule has 92 valence electrons. The zero-order valence-electron chi connectivity index (χ0n) is 9.20. The van der Waals surface area contributed by atoms with Gasteiger partial charge < -0.3 is 5.32 Å². The molecule has 3 aromatic heterocycles. The number of rotatable bonds is 2. The lowest BCUT2D eigenvalue weighted by atomic mass is 10.3. The summed E-state index contributed by atoms with van der Waals surface area (Å²) in [6.07, 6.45) is 0. The molecule has 3 aromatic rings. The first-order valence-electron chi connectivity index (χ1n) is 5.07. The summed E-state index contributed by atoms with van der Waals surface area (Å²) in [4.78, 5) is 9.00. The van der Waals surface area contributed by atoms with Gasteiger partial charge in [0.15, 0.2) is 5.82 Å². The van der Waals surface area contributed by atoms with Crippen LogP contribution in [0.25, 0.3) is 21.6 Å². The van der Waals surface area contributed by atoms with Crippen LogP contribution in [-0.4, -0.2) is 17.0 Å². The van der Waals surface area contributed by atoms with Gasteiger partial charge >= 0.3 is 0 Å². The zero-order valence-corrected chi connectivity index (χ0v) is 12.3. The van der Waals surface area contributed by atoms with Crippen LogP contribution in [0, 0.1) is 0 Å². The number of aromatic nitrogens is 2. The van der Waals surface area contributed by atoms with Crippen molar-refractivity contribution in [2.75, 3.05) is 12.4 Å². The SMILES string of the molecule is CNc1nc(-c2cc(Cl)sc2Cl)nc2ccsc12. The summed E-state index contributed by atoms with van der Waals surface area (Å²) in [5.41, 5.74) is 1.68. The number of nitrogens with one attached hydrogen (secondary N) is 1. The van der Waals surface area contributed by atoms with Crippen LogP contribution in [0.5, 0.6) is 0 Å². The summed E-state index contributed by atoms with van der Waals surface area (Å²) >= 11 is 15.0. The Bertz CT molecular complexity index is 720. The molecule has 0 unspecified atom stereocenters. The normalized spacial score (nSPS) is 11.1. The average molecular weight is 316 g/mol. The van der Waals surface area contributed by atoms with E-state index >= 15 is 0 Å². The van der Waals surface area contributed by atoms with Crippen LogP contribution in [0.15, 0.2) is 17.5 Å². The van der Waals surface area contributed by atoms with Crippen molar-refractivity contribution in [2.24, 2.45) is 0 Å². The predicted molar refractivity (Wildman–Crippen MR) is 80.3 cm³/mol. The van der Waals surface area contributed by atoms with Gasteiger partial charge in [-0.15, -0.1) is 22.7 Å². The highest BCUT2D eigenvalue weighted by atomic mass is 35.5. The molecule has 18 heavy (non-hydrogen) atoms. The number of fused-ring (bicyclic) bond motifs is 1. The van der Waals surface area contributed by atoms with E-state index in [0.717, 1.165) is 21.6 Å². The van der Waals surface area contributed by atoms with Gasteiger partial charge in [0.05, 0.1) is 20.1 Å². The smallest absolute Gasteiger partial charge is 0.164 e. The third kappa shape index (κ3) is 1.97. The molecule has 3 nitrogen and oxygen atoms in total. The average Bonchev–Trinajstić information content (AvgIpc) is 2.93. The quantitative estimate of drug-likeness (QED) is 0.740. The van der Waals surface area contributed by atoms with E-state index in [-0.39, 0.29) is 0 Å². The van der Waals surface area contributed by atoms with Gasteiger partial charge in [0.25, 0.3) is 0 Å². The summed E-state index contributed by atoms with van der Waals surface area (Å²) in [5, 5.41) is 5.07. The van der Waals surface area contributed by atoms with E-state index in [1.807, 2.05) is 18.5 Å². The Balaban J connectivity index is 2.26. The van der Waals surface area contributed by atoms with Gasteiger partial charge in [-0.1, -0.05) is 23.2 Å². The number of thiophene rings is 2. The Morgan fingerprint density at radius 3 is 2.78 bits per heavy atom. The fourth-order valence-electron chi connectivity index (χ4n) is 1.65. The highest BCUT2D eigenvalue weighted by molar-refractivity contribution is 7.20. The number of hydrogen-bond donors (Lipinski definition) is 1. The molecule has 0 aliphatic heterocycles. The lowest BCUT2D eigenvalue weighted by Gasteiger charge is -2.04. The highest BCUT2D eigenvalue weighted by Crippen LogP contribution is 2.38. The van der Waals surface area contributed by atoms with E-state index in [4.69, 9.17) is 23.2 Å². The van der Waals surface area contributed by atoms with Crippen molar-refractivity contribution in [2.45, 2.75) is 0 Å². The van der Waals surface area contributed by atoms with Crippen molar-refractivity contribution >= 4 is 61.9 Å². The summed E-state index contributed by atoms with van der Waals surface area (Å²) in [5.74, 6) is 1.40. The van der Waals surface area contributed by atoms with E-state index in [2.05, 4.69) is 15.3 Å². The minimum absolute atomic E-state index is 0.596. The first-order valence-corrected chi connectivity index (χ1v) is 7.52. The van der Waals surface area contributed by atoms with Crippen LogP contribution >= 0.6 is 45.9 Å². The molecule has 0 aliphatic rings. The van der Waals surface area contributed by atoms with Crippen molar-refractivity contribution in [1.82, 2.24) is 9.97 Å². The number of halogens is 2. The van der Waals surface area contributed by atoms with E-state index in [9.17, 15) is 0 Å². The van der Waals surface area contributed by atoms with Gasteiger partial charge in [-0.25, -0.2) is 9.97 Å². The predicted octanol–water partition coefficient (Wildman–Crippen LogP) is 4.77. The van der Waals surface area contributed by atoms with Crippen molar-refractivity contribution in [3.8, 4) is 11.4 Å². The Morgan fingerprint density at radius 1 is 1.28 bits per heavy atom. The van der Waals surface area contributed by atoms with Gasteiger partial charge in [-0.3, -0.25) is 0 Å². The number of nitrogens with zero attached hydrogens (tertiary/aromatic N) is 2. The Labute approximate surface area is 121 Å². The van der Waals surface area contributed by atoms with Crippen molar-refractivity contribution in [3.05, 3.63) is 26.2 Å². The molecule has 0 aromatic carbocycles. The summed E-state index contributed by atoms with van der Waals surface area (Å²) < 4.78 is 2.28. The van der Waals surface area contributed by atoms with Gasteiger partial charge in [0.2, 0.25) is 0 Å². The molecule has 0 radical (unpaired) electrons. The first-order chi connectivity index (χ1) is 8.69. The van der Waals surface area contributed by atoms with Gasteiger partial charge in [-0.2, -0.15) is 0 Å². The van der Waals surface area contributed by atoms with Crippen LogP contribution in [0.4, 0.5) is 5.82 Å². The monoisotopic (exact) mass is 315 g/mol. The molecule has 1 N–H and O–H groups in total. The number of anilines is 1. The molecule has 0 spiro atoms. The van der Waals surface area contributed by atoms with Crippen LogP contribution < -0.4 is 5.32 Å². The molecule has 0 bridgehead atoms. The summed E-state index contributed by atoms with van der Waals surface area (Å²) in [6.45, 7) is 0. The highest BCUT2D eigenvalue weighted by Gasteiger charge is 2.14. The lowest BCUT2D eigenvalue weighted by molar-refractivity contribution is 1.22. The molecule has 3 heterocycles. The summed E-state index contributed by atoms with van der Waals surface area (Å²) in [6, 6.07) is 3.76. The van der Waals surface area contributed by atoms with Gasteiger partial charge in [0, 0.05) is 7.05 Å². The lowest BCUT2D eigenvalue weighted by Crippen LogP contribution is -1.96. The van der Waals surface area contributed by atoms with Crippen molar-refractivity contribution < 1.29 is 0 Å². The molecular weight excluding hydrogens is 309 g/mol. The fraction of sp³-hybridized carbons (Fsp3) is 0.0909. The van der Waals surface area contributed by atoms with E-state index < -0.39 is 0 Å². The largest absolute Gasteiger partial charge is 0.372 e. The maximum atomic E-state index is 6.14. The second kappa shape index (κ2) is 4.66. The van der Waals surface area contributed by atoms with Crippen LogP contribution in [-0.2, 0) is 0 Å². The second-order valence-electron chi connectivity index (χ2n) is 3.52. The molecular formula is C11H7Cl2N3S2. The molecule has 0 aliphatic carbocycles. The number of hydrogen-bond acceptors (Lipinski definition) is 5. The van der Waals surface area contributed by atoms with Gasteiger partial charge in [-0.05, 0) is 17.5 Å². The molecule has 7 heteroatoms.